The van der Waals surface area contributed by atoms with E-state index >= 15 is 0 Å². The fraction of sp³-hybridized carbons (Fsp3) is 0.357. The van der Waals surface area contributed by atoms with Crippen LogP contribution in [0.4, 0.5) is 0 Å². The van der Waals surface area contributed by atoms with Crippen molar-refractivity contribution in [2.45, 2.75) is 19.9 Å². The Balaban J connectivity index is 2.59. The molecule has 0 fully saturated rings. The monoisotopic (exact) mass is 291 g/mol. The minimum absolute atomic E-state index is 0.0363. The molecule has 0 spiro atoms. The molecule has 2 aromatic rings. The summed E-state index contributed by atoms with van der Waals surface area (Å²) in [5.74, 6) is 0.351. The zero-order chi connectivity index (χ0) is 14.7. The van der Waals surface area contributed by atoms with Crippen molar-refractivity contribution in [3.63, 3.8) is 0 Å². The summed E-state index contributed by atoms with van der Waals surface area (Å²) in [5.41, 5.74) is 0.898. The SMILES string of the molecule is COC(=O)C(C(C)C)n1c(-c2ccccc2)n[nH]c1=S. The molecule has 1 aromatic heterocycles. The van der Waals surface area contributed by atoms with Crippen molar-refractivity contribution in [1.82, 2.24) is 14.8 Å². The molecule has 0 aliphatic carbocycles. The average molecular weight is 291 g/mol. The van der Waals surface area contributed by atoms with Crippen molar-refractivity contribution >= 4 is 18.2 Å². The van der Waals surface area contributed by atoms with E-state index in [2.05, 4.69) is 10.2 Å². The second kappa shape index (κ2) is 6.00. The lowest BCUT2D eigenvalue weighted by Crippen LogP contribution is -2.26. The van der Waals surface area contributed by atoms with Crippen LogP contribution in [-0.4, -0.2) is 27.8 Å². The number of nitrogens with one attached hydrogen (secondary N) is 1. The number of hydrogen-bond donors (Lipinski definition) is 1. The molecule has 20 heavy (non-hydrogen) atoms. The average Bonchev–Trinajstić information content (AvgIpc) is 2.81. The number of esters is 1. The third kappa shape index (κ3) is 2.65. The molecular weight excluding hydrogens is 274 g/mol. The summed E-state index contributed by atoms with van der Waals surface area (Å²) < 4.78 is 7.03. The highest BCUT2D eigenvalue weighted by Crippen LogP contribution is 2.26. The van der Waals surface area contributed by atoms with Crippen LogP contribution in [-0.2, 0) is 9.53 Å². The topological polar surface area (TPSA) is 59.9 Å². The summed E-state index contributed by atoms with van der Waals surface area (Å²) in [6, 6.07) is 9.11. The van der Waals surface area contributed by atoms with Crippen LogP contribution in [0.1, 0.15) is 19.9 Å². The van der Waals surface area contributed by atoms with Gasteiger partial charge >= 0.3 is 5.97 Å². The van der Waals surface area contributed by atoms with Crippen LogP contribution in [0.25, 0.3) is 11.4 Å². The normalized spacial score (nSPS) is 12.4. The Bertz CT molecular complexity index is 646. The van der Waals surface area contributed by atoms with E-state index in [0.717, 1.165) is 5.56 Å². The standard InChI is InChI=1S/C14H17N3O2S/c1-9(2)11(13(18)19-3)17-12(15-16-14(17)20)10-7-5-4-6-8-10/h4-9,11H,1-3H3,(H,16,20). The van der Waals surface area contributed by atoms with E-state index < -0.39 is 6.04 Å². The number of carbonyl (C=O) groups excluding carboxylic acids is 1. The van der Waals surface area contributed by atoms with Gasteiger partial charge in [0.05, 0.1) is 7.11 Å². The van der Waals surface area contributed by atoms with Crippen molar-refractivity contribution in [1.29, 1.82) is 0 Å². The molecule has 0 radical (unpaired) electrons. The number of aromatic amines is 1. The first-order chi connectivity index (χ1) is 9.56. The highest BCUT2D eigenvalue weighted by Gasteiger charge is 2.28. The van der Waals surface area contributed by atoms with Crippen LogP contribution >= 0.6 is 12.2 Å². The number of ether oxygens (including phenoxy) is 1. The van der Waals surface area contributed by atoms with E-state index in [-0.39, 0.29) is 11.9 Å². The minimum Gasteiger partial charge on any atom is -0.467 e. The van der Waals surface area contributed by atoms with Gasteiger partial charge in [-0.15, -0.1) is 0 Å². The minimum atomic E-state index is -0.499. The number of carbonyl (C=O) groups is 1. The first-order valence-electron chi connectivity index (χ1n) is 6.36. The van der Waals surface area contributed by atoms with E-state index in [9.17, 15) is 4.79 Å². The number of H-pyrrole nitrogens is 1. The lowest BCUT2D eigenvalue weighted by Gasteiger charge is -2.21. The number of rotatable bonds is 4. The molecule has 0 bridgehead atoms. The fourth-order valence-corrected chi connectivity index (χ4v) is 2.40. The maximum atomic E-state index is 12.1. The Labute approximate surface area is 122 Å². The molecule has 1 N–H and O–H groups in total. The molecule has 1 aromatic carbocycles. The smallest absolute Gasteiger partial charge is 0.329 e. The molecular formula is C14H17N3O2S. The lowest BCUT2D eigenvalue weighted by atomic mass is 10.0. The number of benzene rings is 1. The third-order valence-corrected chi connectivity index (χ3v) is 3.38. The van der Waals surface area contributed by atoms with Gasteiger partial charge in [-0.2, -0.15) is 5.10 Å². The zero-order valence-electron chi connectivity index (χ0n) is 11.7. The van der Waals surface area contributed by atoms with Gasteiger partial charge in [-0.25, -0.2) is 4.79 Å². The highest BCUT2D eigenvalue weighted by molar-refractivity contribution is 7.71. The molecule has 0 saturated heterocycles. The summed E-state index contributed by atoms with van der Waals surface area (Å²) >= 11 is 5.27. The van der Waals surface area contributed by atoms with Gasteiger partial charge in [0.2, 0.25) is 0 Å². The van der Waals surface area contributed by atoms with Crippen LogP contribution in [0.2, 0.25) is 0 Å². The van der Waals surface area contributed by atoms with Crippen LogP contribution in [0, 0.1) is 10.7 Å². The molecule has 0 amide bonds. The Morgan fingerprint density at radius 2 is 2.00 bits per heavy atom. The Hall–Kier alpha value is -1.95. The second-order valence-electron chi connectivity index (χ2n) is 4.80. The van der Waals surface area contributed by atoms with Gasteiger partial charge in [-0.3, -0.25) is 9.67 Å². The van der Waals surface area contributed by atoms with Crippen LogP contribution in [0.15, 0.2) is 30.3 Å². The van der Waals surface area contributed by atoms with Crippen molar-refractivity contribution in [3.05, 3.63) is 35.1 Å². The number of aromatic nitrogens is 3. The largest absolute Gasteiger partial charge is 0.467 e. The molecule has 5 nitrogen and oxygen atoms in total. The molecule has 0 aliphatic heterocycles. The summed E-state index contributed by atoms with van der Waals surface area (Å²) in [6.07, 6.45) is 0. The predicted octanol–water partition coefficient (Wildman–Crippen LogP) is 2.98. The van der Waals surface area contributed by atoms with Gasteiger partial charge in [0.1, 0.15) is 6.04 Å². The van der Waals surface area contributed by atoms with E-state index in [0.29, 0.717) is 10.6 Å². The first-order valence-corrected chi connectivity index (χ1v) is 6.77. The highest BCUT2D eigenvalue weighted by atomic mass is 32.1. The van der Waals surface area contributed by atoms with Crippen molar-refractivity contribution in [2.24, 2.45) is 5.92 Å². The summed E-state index contributed by atoms with van der Waals surface area (Å²) in [6.45, 7) is 3.90. The van der Waals surface area contributed by atoms with E-state index in [1.54, 1.807) is 4.57 Å². The van der Waals surface area contributed by atoms with Gasteiger partial charge in [0, 0.05) is 5.56 Å². The van der Waals surface area contributed by atoms with Gasteiger partial charge in [0.15, 0.2) is 10.6 Å². The van der Waals surface area contributed by atoms with E-state index in [1.165, 1.54) is 7.11 Å². The van der Waals surface area contributed by atoms with Crippen LogP contribution in [0.3, 0.4) is 0 Å². The lowest BCUT2D eigenvalue weighted by molar-refractivity contribution is -0.146. The maximum Gasteiger partial charge on any atom is 0.329 e. The molecule has 0 saturated carbocycles. The molecule has 1 atom stereocenters. The number of nitrogens with zero attached hydrogens (tertiary/aromatic N) is 2. The third-order valence-electron chi connectivity index (χ3n) is 3.09. The predicted molar refractivity (Wildman–Crippen MR) is 78.7 cm³/mol. The molecule has 2 rings (SSSR count). The Kier molecular flexibility index (Phi) is 4.34. The van der Waals surface area contributed by atoms with E-state index in [1.807, 2.05) is 44.2 Å². The van der Waals surface area contributed by atoms with Gasteiger partial charge in [0.25, 0.3) is 0 Å². The van der Waals surface area contributed by atoms with Gasteiger partial charge in [-0.1, -0.05) is 44.2 Å². The maximum absolute atomic E-state index is 12.1. The molecule has 106 valence electrons. The van der Waals surface area contributed by atoms with E-state index in [4.69, 9.17) is 17.0 Å². The summed E-state index contributed by atoms with van der Waals surface area (Å²) in [4.78, 5) is 12.1. The zero-order valence-corrected chi connectivity index (χ0v) is 12.5. The first kappa shape index (κ1) is 14.5. The quantitative estimate of drug-likeness (QED) is 0.695. The molecule has 1 unspecified atom stereocenters. The van der Waals surface area contributed by atoms with Crippen LogP contribution < -0.4 is 0 Å². The molecule has 6 heteroatoms. The van der Waals surface area contributed by atoms with Crippen molar-refractivity contribution < 1.29 is 9.53 Å². The Morgan fingerprint density at radius 1 is 1.35 bits per heavy atom. The number of methoxy groups -OCH3 is 1. The molecule has 0 aliphatic rings. The second-order valence-corrected chi connectivity index (χ2v) is 5.19. The fourth-order valence-electron chi connectivity index (χ4n) is 2.15. The van der Waals surface area contributed by atoms with Crippen molar-refractivity contribution in [3.8, 4) is 11.4 Å². The van der Waals surface area contributed by atoms with Gasteiger partial charge < -0.3 is 4.74 Å². The summed E-state index contributed by atoms with van der Waals surface area (Å²) in [5, 5.41) is 7.00. The summed E-state index contributed by atoms with van der Waals surface area (Å²) in [7, 11) is 1.38. The van der Waals surface area contributed by atoms with Crippen molar-refractivity contribution in [2.75, 3.05) is 7.11 Å². The van der Waals surface area contributed by atoms with Gasteiger partial charge in [-0.05, 0) is 18.1 Å². The molecule has 1 heterocycles. The Morgan fingerprint density at radius 3 is 2.55 bits per heavy atom. The number of hydrogen-bond acceptors (Lipinski definition) is 4. The van der Waals surface area contributed by atoms with Crippen LogP contribution in [0.5, 0.6) is 0 Å².